The standard InChI is InChI=1S/C11H15NO2/c1-2-14-8-4-7-11(9-12)6-3-5-10(11)13/h4,8H,2-3,5-7H2,1H3/b8-4-. The quantitative estimate of drug-likeness (QED) is 0.643. The smallest absolute Gasteiger partial charge is 0.153 e. The molecule has 14 heavy (non-hydrogen) atoms. The Morgan fingerprint density at radius 1 is 1.71 bits per heavy atom. The lowest BCUT2D eigenvalue weighted by Gasteiger charge is -2.15. The first kappa shape index (κ1) is 10.8. The highest BCUT2D eigenvalue weighted by Gasteiger charge is 2.41. The molecular formula is C11H15NO2. The Bertz CT molecular complexity index is 278. The topological polar surface area (TPSA) is 50.1 Å². The van der Waals surface area contributed by atoms with Gasteiger partial charge in [0, 0.05) is 6.42 Å². The normalized spacial score (nSPS) is 26.7. The maximum Gasteiger partial charge on any atom is 0.153 e. The lowest BCUT2D eigenvalue weighted by atomic mass is 9.83. The molecule has 1 fully saturated rings. The molecule has 76 valence electrons. The predicted octanol–water partition coefficient (Wildman–Crippen LogP) is 2.19. The number of Topliss-reactive ketones (excluding diaryl/α,β-unsaturated/α-hetero) is 1. The van der Waals surface area contributed by atoms with Crippen molar-refractivity contribution in [3.05, 3.63) is 12.3 Å². The summed E-state index contributed by atoms with van der Waals surface area (Å²) in [4.78, 5) is 11.5. The molecule has 1 rings (SSSR count). The van der Waals surface area contributed by atoms with E-state index in [1.54, 1.807) is 12.3 Å². The van der Waals surface area contributed by atoms with E-state index in [-0.39, 0.29) is 5.78 Å². The Kier molecular flexibility index (Phi) is 3.70. The van der Waals surface area contributed by atoms with Crippen molar-refractivity contribution in [1.82, 2.24) is 0 Å². The van der Waals surface area contributed by atoms with E-state index in [1.807, 2.05) is 6.92 Å². The molecule has 0 aromatic carbocycles. The molecule has 0 aliphatic heterocycles. The van der Waals surface area contributed by atoms with Crippen LogP contribution in [-0.4, -0.2) is 12.4 Å². The summed E-state index contributed by atoms with van der Waals surface area (Å²) in [6.07, 6.45) is 5.92. The van der Waals surface area contributed by atoms with Crippen LogP contribution in [0.4, 0.5) is 0 Å². The fourth-order valence-electron chi connectivity index (χ4n) is 1.72. The van der Waals surface area contributed by atoms with Crippen molar-refractivity contribution in [2.24, 2.45) is 5.41 Å². The van der Waals surface area contributed by atoms with Gasteiger partial charge in [-0.1, -0.05) is 0 Å². The number of allylic oxidation sites excluding steroid dienone is 1. The summed E-state index contributed by atoms with van der Waals surface area (Å²) >= 11 is 0. The van der Waals surface area contributed by atoms with Gasteiger partial charge in [0.1, 0.15) is 5.41 Å². The summed E-state index contributed by atoms with van der Waals surface area (Å²) in [6, 6.07) is 2.15. The van der Waals surface area contributed by atoms with Crippen molar-refractivity contribution in [3.63, 3.8) is 0 Å². The van der Waals surface area contributed by atoms with E-state index in [2.05, 4.69) is 6.07 Å². The number of hydrogen-bond acceptors (Lipinski definition) is 3. The molecule has 1 atom stereocenters. The van der Waals surface area contributed by atoms with Gasteiger partial charge in [-0.25, -0.2) is 0 Å². The molecule has 1 unspecified atom stereocenters. The summed E-state index contributed by atoms with van der Waals surface area (Å²) in [5, 5.41) is 9.00. The van der Waals surface area contributed by atoms with Gasteiger partial charge in [0.15, 0.2) is 5.78 Å². The molecule has 3 nitrogen and oxygen atoms in total. The fraction of sp³-hybridized carbons (Fsp3) is 0.636. The van der Waals surface area contributed by atoms with E-state index < -0.39 is 5.41 Å². The van der Waals surface area contributed by atoms with E-state index in [0.29, 0.717) is 25.9 Å². The maximum atomic E-state index is 11.5. The molecular weight excluding hydrogens is 178 g/mol. The molecule has 0 bridgehead atoms. The number of hydrogen-bond donors (Lipinski definition) is 0. The van der Waals surface area contributed by atoms with Crippen LogP contribution in [0.5, 0.6) is 0 Å². The van der Waals surface area contributed by atoms with Gasteiger partial charge in [-0.2, -0.15) is 5.26 Å². The third kappa shape index (κ3) is 2.14. The van der Waals surface area contributed by atoms with Gasteiger partial charge >= 0.3 is 0 Å². The Balaban J connectivity index is 2.55. The van der Waals surface area contributed by atoms with Crippen molar-refractivity contribution in [1.29, 1.82) is 5.26 Å². The van der Waals surface area contributed by atoms with Gasteiger partial charge in [-0.15, -0.1) is 0 Å². The van der Waals surface area contributed by atoms with Gasteiger partial charge in [-0.3, -0.25) is 4.79 Å². The molecule has 0 N–H and O–H groups in total. The molecule has 0 saturated heterocycles. The van der Waals surface area contributed by atoms with Crippen LogP contribution in [0.25, 0.3) is 0 Å². The highest BCUT2D eigenvalue weighted by atomic mass is 16.5. The summed E-state index contributed by atoms with van der Waals surface area (Å²) in [7, 11) is 0. The van der Waals surface area contributed by atoms with Crippen LogP contribution >= 0.6 is 0 Å². The first-order valence-corrected chi connectivity index (χ1v) is 4.96. The number of rotatable bonds is 4. The Morgan fingerprint density at radius 2 is 2.50 bits per heavy atom. The second kappa shape index (κ2) is 4.80. The third-order valence-electron chi connectivity index (χ3n) is 2.58. The summed E-state index contributed by atoms with van der Waals surface area (Å²) in [5.74, 6) is 0.0844. The van der Waals surface area contributed by atoms with Crippen molar-refractivity contribution in [3.8, 4) is 6.07 Å². The molecule has 0 heterocycles. The lowest BCUT2D eigenvalue weighted by molar-refractivity contribution is -0.123. The molecule has 0 aromatic rings. The van der Waals surface area contributed by atoms with Gasteiger partial charge in [0.05, 0.1) is 18.9 Å². The zero-order chi connectivity index (χ0) is 10.4. The predicted molar refractivity (Wildman–Crippen MR) is 52.3 cm³/mol. The summed E-state index contributed by atoms with van der Waals surface area (Å²) in [5.41, 5.74) is -0.756. The van der Waals surface area contributed by atoms with Gasteiger partial charge in [0.25, 0.3) is 0 Å². The van der Waals surface area contributed by atoms with Crippen LogP contribution in [0.15, 0.2) is 12.3 Å². The Morgan fingerprint density at radius 3 is 3.00 bits per heavy atom. The van der Waals surface area contributed by atoms with E-state index in [4.69, 9.17) is 10.00 Å². The molecule has 1 aliphatic carbocycles. The maximum absolute atomic E-state index is 11.5. The number of nitrogens with zero attached hydrogens (tertiary/aromatic N) is 1. The molecule has 0 radical (unpaired) electrons. The minimum atomic E-state index is -0.756. The van der Waals surface area contributed by atoms with E-state index in [0.717, 1.165) is 6.42 Å². The highest BCUT2D eigenvalue weighted by molar-refractivity contribution is 5.89. The van der Waals surface area contributed by atoms with E-state index in [9.17, 15) is 4.79 Å². The molecule has 1 aliphatic rings. The van der Waals surface area contributed by atoms with Crippen molar-refractivity contribution in [2.45, 2.75) is 32.6 Å². The van der Waals surface area contributed by atoms with Crippen molar-refractivity contribution < 1.29 is 9.53 Å². The molecule has 0 amide bonds. The number of nitriles is 1. The van der Waals surface area contributed by atoms with E-state index in [1.165, 1.54) is 0 Å². The van der Waals surface area contributed by atoms with Crippen LogP contribution in [0.1, 0.15) is 32.6 Å². The van der Waals surface area contributed by atoms with Crippen LogP contribution in [0, 0.1) is 16.7 Å². The number of ketones is 1. The van der Waals surface area contributed by atoms with Crippen LogP contribution < -0.4 is 0 Å². The number of carbonyl (C=O) groups is 1. The zero-order valence-electron chi connectivity index (χ0n) is 8.45. The van der Waals surface area contributed by atoms with Crippen LogP contribution in [0.3, 0.4) is 0 Å². The lowest BCUT2D eigenvalue weighted by Crippen LogP contribution is -2.22. The summed E-state index contributed by atoms with van der Waals surface area (Å²) < 4.78 is 5.02. The first-order chi connectivity index (χ1) is 6.75. The van der Waals surface area contributed by atoms with Crippen molar-refractivity contribution >= 4 is 5.78 Å². The Hall–Kier alpha value is -1.30. The number of carbonyl (C=O) groups excluding carboxylic acids is 1. The third-order valence-corrected chi connectivity index (χ3v) is 2.58. The van der Waals surface area contributed by atoms with Crippen LogP contribution in [0.2, 0.25) is 0 Å². The Labute approximate surface area is 84.4 Å². The second-order valence-corrected chi connectivity index (χ2v) is 3.50. The van der Waals surface area contributed by atoms with Gasteiger partial charge in [0.2, 0.25) is 0 Å². The number of ether oxygens (including phenoxy) is 1. The minimum absolute atomic E-state index is 0.0844. The van der Waals surface area contributed by atoms with E-state index >= 15 is 0 Å². The van der Waals surface area contributed by atoms with Crippen molar-refractivity contribution in [2.75, 3.05) is 6.61 Å². The fourth-order valence-corrected chi connectivity index (χ4v) is 1.72. The average molecular weight is 193 g/mol. The molecule has 3 heteroatoms. The monoisotopic (exact) mass is 193 g/mol. The second-order valence-electron chi connectivity index (χ2n) is 3.50. The van der Waals surface area contributed by atoms with Gasteiger partial charge < -0.3 is 4.74 Å². The summed E-state index contributed by atoms with van der Waals surface area (Å²) in [6.45, 7) is 2.51. The first-order valence-electron chi connectivity index (χ1n) is 4.96. The zero-order valence-corrected chi connectivity index (χ0v) is 8.45. The minimum Gasteiger partial charge on any atom is -0.502 e. The average Bonchev–Trinajstić information content (AvgIpc) is 2.56. The highest BCUT2D eigenvalue weighted by Crippen LogP contribution is 2.37. The SMILES string of the molecule is CCO/C=C\CC1(C#N)CCCC1=O. The molecule has 0 spiro atoms. The van der Waals surface area contributed by atoms with Crippen LogP contribution in [-0.2, 0) is 9.53 Å². The van der Waals surface area contributed by atoms with Gasteiger partial charge in [-0.05, 0) is 32.3 Å². The largest absolute Gasteiger partial charge is 0.502 e. The molecule has 1 saturated carbocycles. The molecule has 0 aromatic heterocycles.